The van der Waals surface area contributed by atoms with Gasteiger partial charge in [-0.25, -0.2) is 0 Å². The first kappa shape index (κ1) is 6.41. The lowest BCUT2D eigenvalue weighted by Gasteiger charge is -2.10. The molecule has 0 aromatic rings. The van der Waals surface area contributed by atoms with Crippen molar-refractivity contribution in [3.8, 4) is 0 Å². The van der Waals surface area contributed by atoms with Crippen LogP contribution >= 0.6 is 11.6 Å². The lowest BCUT2D eigenvalue weighted by atomic mass is 10.0. The summed E-state index contributed by atoms with van der Waals surface area (Å²) in [5, 5.41) is 0.463. The van der Waals surface area contributed by atoms with E-state index in [4.69, 9.17) is 11.6 Å². The van der Waals surface area contributed by atoms with Crippen molar-refractivity contribution < 1.29 is 0 Å². The van der Waals surface area contributed by atoms with Crippen molar-refractivity contribution in [3.63, 3.8) is 0 Å². The van der Waals surface area contributed by atoms with Gasteiger partial charge < -0.3 is 0 Å². The summed E-state index contributed by atoms with van der Waals surface area (Å²) in [4.78, 5) is 0. The van der Waals surface area contributed by atoms with Crippen LogP contribution in [0.15, 0.2) is 0 Å². The van der Waals surface area contributed by atoms with E-state index in [0.717, 1.165) is 11.8 Å². The van der Waals surface area contributed by atoms with Gasteiger partial charge in [-0.1, -0.05) is 13.8 Å². The van der Waals surface area contributed by atoms with E-state index in [2.05, 4.69) is 13.8 Å². The second kappa shape index (κ2) is 2.26. The van der Waals surface area contributed by atoms with Gasteiger partial charge >= 0.3 is 0 Å². The van der Waals surface area contributed by atoms with Gasteiger partial charge in [-0.3, -0.25) is 0 Å². The second-order valence-electron chi connectivity index (χ2n) is 2.93. The molecule has 3 atom stereocenters. The minimum absolute atomic E-state index is 0.463. The maximum absolute atomic E-state index is 5.96. The standard InChI is InChI=1S/C7H13Cl/c1-5-3-4-7(8)6(5)2/h5-7H,3-4H2,1-2H3. The van der Waals surface area contributed by atoms with Gasteiger partial charge in [0.05, 0.1) is 0 Å². The number of halogens is 1. The van der Waals surface area contributed by atoms with Crippen LogP contribution in [0.3, 0.4) is 0 Å². The molecule has 48 valence electrons. The molecular formula is C7H13Cl. The highest BCUT2D eigenvalue weighted by Gasteiger charge is 2.27. The molecule has 1 heteroatoms. The molecule has 1 aliphatic carbocycles. The van der Waals surface area contributed by atoms with E-state index in [0.29, 0.717) is 5.38 Å². The Bertz CT molecular complexity index is 70.5. The van der Waals surface area contributed by atoms with Gasteiger partial charge in [-0.2, -0.15) is 0 Å². The Balaban J connectivity index is 2.44. The molecule has 0 aromatic carbocycles. The Hall–Kier alpha value is 0.290. The molecule has 0 radical (unpaired) electrons. The van der Waals surface area contributed by atoms with Gasteiger partial charge in [0.2, 0.25) is 0 Å². The summed E-state index contributed by atoms with van der Waals surface area (Å²) in [5.41, 5.74) is 0. The molecule has 0 N–H and O–H groups in total. The van der Waals surface area contributed by atoms with Gasteiger partial charge in [0.1, 0.15) is 0 Å². The maximum Gasteiger partial charge on any atom is 0.0364 e. The van der Waals surface area contributed by atoms with E-state index < -0.39 is 0 Å². The lowest BCUT2D eigenvalue weighted by Crippen LogP contribution is -2.06. The average Bonchev–Trinajstić information content (AvgIpc) is 1.98. The number of alkyl halides is 1. The maximum atomic E-state index is 5.96. The molecule has 1 aliphatic rings. The van der Waals surface area contributed by atoms with Crippen LogP contribution in [0.5, 0.6) is 0 Å². The summed E-state index contributed by atoms with van der Waals surface area (Å²) in [6.07, 6.45) is 2.55. The minimum atomic E-state index is 0.463. The molecule has 0 amide bonds. The predicted molar refractivity (Wildman–Crippen MR) is 37.2 cm³/mol. The monoisotopic (exact) mass is 132 g/mol. The molecule has 1 rings (SSSR count). The van der Waals surface area contributed by atoms with Crippen molar-refractivity contribution in [3.05, 3.63) is 0 Å². The molecular weight excluding hydrogens is 120 g/mol. The van der Waals surface area contributed by atoms with Crippen LogP contribution in [-0.4, -0.2) is 5.38 Å². The van der Waals surface area contributed by atoms with Gasteiger partial charge in [-0.15, -0.1) is 11.6 Å². The van der Waals surface area contributed by atoms with Crippen LogP contribution in [0.25, 0.3) is 0 Å². The molecule has 8 heavy (non-hydrogen) atoms. The number of hydrogen-bond donors (Lipinski definition) is 0. The van der Waals surface area contributed by atoms with E-state index in [9.17, 15) is 0 Å². The van der Waals surface area contributed by atoms with Gasteiger partial charge in [-0.05, 0) is 24.7 Å². The third kappa shape index (κ3) is 0.997. The van der Waals surface area contributed by atoms with Crippen molar-refractivity contribution in [2.45, 2.75) is 32.1 Å². The minimum Gasteiger partial charge on any atom is -0.123 e. The van der Waals surface area contributed by atoms with E-state index in [1.54, 1.807) is 0 Å². The molecule has 0 nitrogen and oxygen atoms in total. The SMILES string of the molecule is CC1CCC(Cl)C1C. The van der Waals surface area contributed by atoms with Gasteiger partial charge in [0.15, 0.2) is 0 Å². The Labute approximate surface area is 56.2 Å². The average molecular weight is 133 g/mol. The first-order valence-corrected chi connectivity index (χ1v) is 3.79. The highest BCUT2D eigenvalue weighted by Crippen LogP contribution is 2.34. The first-order valence-electron chi connectivity index (χ1n) is 3.36. The Morgan fingerprint density at radius 3 is 2.00 bits per heavy atom. The topological polar surface area (TPSA) is 0 Å². The molecule has 0 heterocycles. The second-order valence-corrected chi connectivity index (χ2v) is 3.49. The highest BCUT2D eigenvalue weighted by atomic mass is 35.5. The molecule has 3 unspecified atom stereocenters. The van der Waals surface area contributed by atoms with Crippen LogP contribution in [0.4, 0.5) is 0 Å². The summed E-state index contributed by atoms with van der Waals surface area (Å²) < 4.78 is 0. The summed E-state index contributed by atoms with van der Waals surface area (Å²) in [6.45, 7) is 4.53. The van der Waals surface area contributed by atoms with Crippen molar-refractivity contribution >= 4 is 11.6 Å². The number of rotatable bonds is 0. The van der Waals surface area contributed by atoms with Crippen molar-refractivity contribution in [2.75, 3.05) is 0 Å². The normalized spacial score (nSPS) is 47.6. The van der Waals surface area contributed by atoms with E-state index in [-0.39, 0.29) is 0 Å². The van der Waals surface area contributed by atoms with E-state index in [1.165, 1.54) is 12.8 Å². The van der Waals surface area contributed by atoms with Crippen LogP contribution in [0.2, 0.25) is 0 Å². The van der Waals surface area contributed by atoms with E-state index in [1.807, 2.05) is 0 Å². The zero-order valence-electron chi connectivity index (χ0n) is 5.52. The first-order chi connectivity index (χ1) is 3.72. The van der Waals surface area contributed by atoms with Gasteiger partial charge in [0, 0.05) is 5.38 Å². The zero-order valence-corrected chi connectivity index (χ0v) is 6.28. The predicted octanol–water partition coefficient (Wildman–Crippen LogP) is 2.66. The molecule has 0 aliphatic heterocycles. The van der Waals surface area contributed by atoms with Crippen LogP contribution in [0.1, 0.15) is 26.7 Å². The summed E-state index contributed by atoms with van der Waals surface area (Å²) >= 11 is 5.96. The molecule has 1 saturated carbocycles. The molecule has 0 aromatic heterocycles. The lowest BCUT2D eigenvalue weighted by molar-refractivity contribution is 0.460. The smallest absolute Gasteiger partial charge is 0.0364 e. The third-order valence-electron chi connectivity index (χ3n) is 2.37. The molecule has 0 spiro atoms. The van der Waals surface area contributed by atoms with E-state index >= 15 is 0 Å². The summed E-state index contributed by atoms with van der Waals surface area (Å²) in [6, 6.07) is 0. The Morgan fingerprint density at radius 2 is 1.88 bits per heavy atom. The highest BCUT2D eigenvalue weighted by molar-refractivity contribution is 6.20. The van der Waals surface area contributed by atoms with Crippen LogP contribution < -0.4 is 0 Å². The quantitative estimate of drug-likeness (QED) is 0.445. The number of hydrogen-bond acceptors (Lipinski definition) is 0. The Kier molecular flexibility index (Phi) is 1.81. The van der Waals surface area contributed by atoms with Crippen LogP contribution in [0, 0.1) is 11.8 Å². The van der Waals surface area contributed by atoms with Crippen molar-refractivity contribution in [1.82, 2.24) is 0 Å². The van der Waals surface area contributed by atoms with Gasteiger partial charge in [0.25, 0.3) is 0 Å². The fraction of sp³-hybridized carbons (Fsp3) is 1.00. The third-order valence-corrected chi connectivity index (χ3v) is 2.98. The fourth-order valence-corrected chi connectivity index (χ4v) is 1.68. The molecule has 0 bridgehead atoms. The summed E-state index contributed by atoms with van der Waals surface area (Å²) in [5.74, 6) is 1.61. The van der Waals surface area contributed by atoms with Crippen molar-refractivity contribution in [1.29, 1.82) is 0 Å². The largest absolute Gasteiger partial charge is 0.123 e. The molecule has 0 saturated heterocycles. The van der Waals surface area contributed by atoms with Crippen LogP contribution in [-0.2, 0) is 0 Å². The fourth-order valence-electron chi connectivity index (χ4n) is 1.30. The zero-order chi connectivity index (χ0) is 6.15. The summed E-state index contributed by atoms with van der Waals surface area (Å²) in [7, 11) is 0. The Morgan fingerprint density at radius 1 is 1.25 bits per heavy atom. The molecule has 1 fully saturated rings. The van der Waals surface area contributed by atoms with Crippen molar-refractivity contribution in [2.24, 2.45) is 11.8 Å².